The van der Waals surface area contributed by atoms with E-state index in [1.807, 2.05) is 0 Å². The lowest BCUT2D eigenvalue weighted by molar-refractivity contribution is 0.0528. The second-order valence-corrected chi connectivity index (χ2v) is 5.86. The number of hydrogen-bond donors (Lipinski definition) is 0. The molecule has 0 bridgehead atoms. The second-order valence-electron chi connectivity index (χ2n) is 4.71. The number of hydrogen-bond acceptors (Lipinski definition) is 4. The van der Waals surface area contributed by atoms with Crippen LogP contribution in [0.25, 0.3) is 16.8 Å². The normalized spacial score (nSPS) is 11.0. The van der Waals surface area contributed by atoms with Crippen molar-refractivity contribution < 1.29 is 13.9 Å². The Bertz CT molecular complexity index is 959. The van der Waals surface area contributed by atoms with E-state index < -0.39 is 11.8 Å². The van der Waals surface area contributed by atoms with Crippen molar-refractivity contribution >= 4 is 46.4 Å². The zero-order valence-corrected chi connectivity index (χ0v) is 14.5. The SMILES string of the molecule is CCOC(=O)c1cnn2c(Cl)c(-c3ccc(Cl)cc3F)c(Cl)nc12. The van der Waals surface area contributed by atoms with Crippen LogP contribution in [0.4, 0.5) is 4.39 Å². The summed E-state index contributed by atoms with van der Waals surface area (Å²) < 4.78 is 20.3. The van der Waals surface area contributed by atoms with E-state index >= 15 is 0 Å². The molecule has 124 valence electrons. The van der Waals surface area contributed by atoms with Crippen LogP contribution >= 0.6 is 34.8 Å². The third kappa shape index (κ3) is 2.81. The first-order valence-corrected chi connectivity index (χ1v) is 7.92. The quantitative estimate of drug-likeness (QED) is 0.483. The Balaban J connectivity index is 2.23. The summed E-state index contributed by atoms with van der Waals surface area (Å²) in [5.41, 5.74) is 0.515. The number of fused-ring (bicyclic) bond motifs is 1. The highest BCUT2D eigenvalue weighted by molar-refractivity contribution is 6.38. The van der Waals surface area contributed by atoms with E-state index in [0.717, 1.165) is 6.07 Å². The Morgan fingerprint density at radius 3 is 2.75 bits per heavy atom. The zero-order chi connectivity index (χ0) is 17.4. The van der Waals surface area contributed by atoms with Crippen molar-refractivity contribution in [3.8, 4) is 11.1 Å². The van der Waals surface area contributed by atoms with E-state index in [1.54, 1.807) is 6.92 Å². The molecule has 3 aromatic rings. The minimum Gasteiger partial charge on any atom is -0.462 e. The first kappa shape index (κ1) is 17.0. The van der Waals surface area contributed by atoms with Gasteiger partial charge in [0.25, 0.3) is 0 Å². The fourth-order valence-corrected chi connectivity index (χ4v) is 2.99. The first-order chi connectivity index (χ1) is 11.4. The van der Waals surface area contributed by atoms with Crippen LogP contribution < -0.4 is 0 Å². The Morgan fingerprint density at radius 2 is 2.08 bits per heavy atom. The second kappa shape index (κ2) is 6.55. The maximum atomic E-state index is 14.2. The van der Waals surface area contributed by atoms with Crippen LogP contribution in [0, 0.1) is 5.82 Å². The molecule has 0 saturated carbocycles. The van der Waals surface area contributed by atoms with Gasteiger partial charge >= 0.3 is 5.97 Å². The predicted molar refractivity (Wildman–Crippen MR) is 89.4 cm³/mol. The molecule has 9 heteroatoms. The van der Waals surface area contributed by atoms with E-state index in [2.05, 4.69) is 10.1 Å². The van der Waals surface area contributed by atoms with E-state index in [0.29, 0.717) is 0 Å². The number of aromatic nitrogens is 3. The number of esters is 1. The molecule has 0 fully saturated rings. The molecular formula is C15H9Cl3FN3O2. The summed E-state index contributed by atoms with van der Waals surface area (Å²) in [7, 11) is 0. The molecule has 1 aromatic carbocycles. The van der Waals surface area contributed by atoms with Crippen molar-refractivity contribution in [3.05, 3.63) is 51.1 Å². The van der Waals surface area contributed by atoms with E-state index in [9.17, 15) is 9.18 Å². The molecule has 0 aliphatic carbocycles. The molecule has 5 nitrogen and oxygen atoms in total. The summed E-state index contributed by atoms with van der Waals surface area (Å²) in [5.74, 6) is -1.21. The summed E-state index contributed by atoms with van der Waals surface area (Å²) in [6.45, 7) is 1.88. The Kier molecular flexibility index (Phi) is 4.62. The molecule has 0 aliphatic rings. The van der Waals surface area contributed by atoms with Crippen LogP contribution in [0.2, 0.25) is 15.3 Å². The van der Waals surface area contributed by atoms with Crippen molar-refractivity contribution in [1.29, 1.82) is 0 Å². The van der Waals surface area contributed by atoms with E-state index in [1.165, 1.54) is 22.8 Å². The molecule has 0 amide bonds. The molecule has 3 rings (SSSR count). The predicted octanol–water partition coefficient (Wildman–Crippen LogP) is 4.67. The van der Waals surface area contributed by atoms with E-state index in [4.69, 9.17) is 39.5 Å². The number of ether oxygens (including phenoxy) is 1. The minimum absolute atomic E-state index is 0.0155. The van der Waals surface area contributed by atoms with E-state index in [-0.39, 0.29) is 44.3 Å². The number of carbonyl (C=O) groups excluding carboxylic acids is 1. The highest BCUT2D eigenvalue weighted by atomic mass is 35.5. The lowest BCUT2D eigenvalue weighted by Crippen LogP contribution is -2.06. The summed E-state index contributed by atoms with van der Waals surface area (Å²) in [4.78, 5) is 16.0. The third-order valence-electron chi connectivity index (χ3n) is 3.24. The van der Waals surface area contributed by atoms with Gasteiger partial charge in [-0.2, -0.15) is 5.10 Å². The molecule has 2 aromatic heterocycles. The van der Waals surface area contributed by atoms with Gasteiger partial charge in [0.2, 0.25) is 0 Å². The number of benzene rings is 1. The minimum atomic E-state index is -0.606. The third-order valence-corrected chi connectivity index (χ3v) is 4.10. The van der Waals surface area contributed by atoms with Crippen LogP contribution in [0.5, 0.6) is 0 Å². The van der Waals surface area contributed by atoms with Gasteiger partial charge in [-0.25, -0.2) is 18.7 Å². The molecule has 0 spiro atoms. The largest absolute Gasteiger partial charge is 0.462 e. The van der Waals surface area contributed by atoms with Crippen LogP contribution in [-0.2, 0) is 4.74 Å². The fraction of sp³-hybridized carbons (Fsp3) is 0.133. The zero-order valence-electron chi connectivity index (χ0n) is 12.2. The highest BCUT2D eigenvalue weighted by Crippen LogP contribution is 2.36. The Hall–Kier alpha value is -1.89. The monoisotopic (exact) mass is 387 g/mol. The van der Waals surface area contributed by atoms with Gasteiger partial charge in [0.05, 0.1) is 18.4 Å². The molecule has 0 N–H and O–H groups in total. The van der Waals surface area contributed by atoms with Crippen LogP contribution in [0.15, 0.2) is 24.4 Å². The van der Waals surface area contributed by atoms with Gasteiger partial charge in [0.1, 0.15) is 21.7 Å². The van der Waals surface area contributed by atoms with Crippen molar-refractivity contribution in [1.82, 2.24) is 14.6 Å². The standard InChI is InChI=1S/C15H9Cl3FN3O2/c1-2-24-15(23)9-6-20-22-13(18)11(12(17)21-14(9)22)8-4-3-7(16)5-10(8)19/h3-6H,2H2,1H3. The molecular weight excluding hydrogens is 380 g/mol. The maximum absolute atomic E-state index is 14.2. The maximum Gasteiger partial charge on any atom is 0.343 e. The van der Waals surface area contributed by atoms with Crippen LogP contribution in [-0.4, -0.2) is 27.2 Å². The van der Waals surface area contributed by atoms with Gasteiger partial charge in [-0.3, -0.25) is 0 Å². The van der Waals surface area contributed by atoms with Crippen molar-refractivity contribution in [2.75, 3.05) is 6.61 Å². The summed E-state index contributed by atoms with van der Waals surface area (Å²) >= 11 is 18.2. The summed E-state index contributed by atoms with van der Waals surface area (Å²) in [6.07, 6.45) is 1.27. The van der Waals surface area contributed by atoms with Gasteiger partial charge in [-0.05, 0) is 25.1 Å². The number of nitrogens with zero attached hydrogens (tertiary/aromatic N) is 3. The van der Waals surface area contributed by atoms with Crippen LogP contribution in [0.1, 0.15) is 17.3 Å². The van der Waals surface area contributed by atoms with Crippen molar-refractivity contribution in [2.45, 2.75) is 6.92 Å². The van der Waals surface area contributed by atoms with Gasteiger partial charge in [-0.15, -0.1) is 0 Å². The summed E-state index contributed by atoms with van der Waals surface area (Å²) in [6, 6.07) is 4.08. The van der Waals surface area contributed by atoms with Gasteiger partial charge in [0, 0.05) is 10.6 Å². The van der Waals surface area contributed by atoms with Gasteiger partial charge in [-0.1, -0.05) is 34.8 Å². The average molecular weight is 389 g/mol. The van der Waals surface area contributed by atoms with Gasteiger partial charge < -0.3 is 4.74 Å². The topological polar surface area (TPSA) is 56.5 Å². The smallest absolute Gasteiger partial charge is 0.343 e. The lowest BCUT2D eigenvalue weighted by Gasteiger charge is -2.10. The first-order valence-electron chi connectivity index (χ1n) is 6.79. The number of carbonyl (C=O) groups is 1. The van der Waals surface area contributed by atoms with Gasteiger partial charge in [0.15, 0.2) is 5.65 Å². The highest BCUT2D eigenvalue weighted by Gasteiger charge is 2.23. The molecule has 0 saturated heterocycles. The molecule has 0 aliphatic heterocycles. The average Bonchev–Trinajstić information content (AvgIpc) is 2.93. The summed E-state index contributed by atoms with van der Waals surface area (Å²) in [5, 5.41) is 4.19. The molecule has 0 unspecified atom stereocenters. The fourth-order valence-electron chi connectivity index (χ4n) is 2.20. The molecule has 2 heterocycles. The van der Waals surface area contributed by atoms with Crippen LogP contribution in [0.3, 0.4) is 0 Å². The lowest BCUT2D eigenvalue weighted by atomic mass is 10.1. The van der Waals surface area contributed by atoms with Crippen molar-refractivity contribution in [2.24, 2.45) is 0 Å². The Labute approximate surface area is 150 Å². The Morgan fingerprint density at radius 1 is 1.33 bits per heavy atom. The number of halogens is 4. The molecule has 0 atom stereocenters. The molecule has 0 radical (unpaired) electrons. The number of rotatable bonds is 3. The molecule has 24 heavy (non-hydrogen) atoms. The van der Waals surface area contributed by atoms with Crippen molar-refractivity contribution in [3.63, 3.8) is 0 Å².